The largest absolute Gasteiger partial charge is 0.489 e. The van der Waals surface area contributed by atoms with E-state index in [4.69, 9.17) is 14.0 Å². The number of aryl methyl sites for hydroxylation is 1. The van der Waals surface area contributed by atoms with Crippen molar-refractivity contribution < 1.29 is 18.4 Å². The Morgan fingerprint density at radius 2 is 2.12 bits per heavy atom. The van der Waals surface area contributed by atoms with Gasteiger partial charge in [-0.05, 0) is 37.0 Å². The van der Waals surface area contributed by atoms with Gasteiger partial charge in [-0.15, -0.1) is 0 Å². The van der Waals surface area contributed by atoms with E-state index in [1.54, 1.807) is 6.07 Å². The van der Waals surface area contributed by atoms with Crippen molar-refractivity contribution in [3.8, 4) is 11.6 Å². The van der Waals surface area contributed by atoms with Gasteiger partial charge in [0.05, 0.1) is 18.8 Å². The number of ether oxygens (including phenoxy) is 2. The van der Waals surface area contributed by atoms with Crippen LogP contribution in [-0.4, -0.2) is 45.4 Å². The van der Waals surface area contributed by atoms with Crippen molar-refractivity contribution in [1.82, 2.24) is 20.1 Å². The minimum Gasteiger partial charge on any atom is -0.489 e. The van der Waals surface area contributed by atoms with Crippen molar-refractivity contribution in [1.29, 1.82) is 0 Å². The highest BCUT2D eigenvalue weighted by atomic mass is 19.1. The summed E-state index contributed by atoms with van der Waals surface area (Å²) in [5.74, 6) is 1.53. The fourth-order valence-electron chi connectivity index (χ4n) is 4.79. The van der Waals surface area contributed by atoms with Crippen LogP contribution in [0.25, 0.3) is 0 Å². The number of nitrogens with zero attached hydrogens (tertiary/aromatic N) is 5. The fourth-order valence-corrected chi connectivity index (χ4v) is 4.79. The molecular weight excluding hydrogens is 439 g/mol. The van der Waals surface area contributed by atoms with E-state index in [1.165, 1.54) is 19.5 Å². The van der Waals surface area contributed by atoms with E-state index >= 15 is 0 Å². The number of anilines is 3. The maximum Gasteiger partial charge on any atom is 0.324 e. The van der Waals surface area contributed by atoms with Crippen LogP contribution in [0.5, 0.6) is 11.6 Å². The zero-order valence-electron chi connectivity index (χ0n) is 19.8. The van der Waals surface area contributed by atoms with E-state index in [0.717, 1.165) is 31.2 Å². The third-order valence-electron chi connectivity index (χ3n) is 6.58. The zero-order chi connectivity index (χ0) is 23.8. The first-order valence-corrected chi connectivity index (χ1v) is 11.7. The van der Waals surface area contributed by atoms with Crippen LogP contribution in [0.3, 0.4) is 0 Å². The second-order valence-corrected chi connectivity index (χ2v) is 9.04. The summed E-state index contributed by atoms with van der Waals surface area (Å²) in [6.07, 6.45) is 4.84. The molecule has 2 aliphatic heterocycles. The van der Waals surface area contributed by atoms with Crippen molar-refractivity contribution in [2.75, 3.05) is 17.3 Å². The van der Waals surface area contributed by atoms with E-state index in [-0.39, 0.29) is 29.9 Å². The molecule has 1 aromatic carbocycles. The lowest BCUT2D eigenvalue weighted by Crippen LogP contribution is -2.35. The number of nitrogens with one attached hydrogen (secondary N) is 1. The monoisotopic (exact) mass is 468 g/mol. The van der Waals surface area contributed by atoms with Crippen LogP contribution in [0.4, 0.5) is 21.9 Å². The summed E-state index contributed by atoms with van der Waals surface area (Å²) in [5.41, 5.74) is 1.23. The highest BCUT2D eigenvalue weighted by Gasteiger charge is 2.50. The Morgan fingerprint density at radius 3 is 2.82 bits per heavy atom. The molecule has 10 heteroatoms. The number of hydrogen-bond donors (Lipinski definition) is 1. The summed E-state index contributed by atoms with van der Waals surface area (Å²) < 4.78 is 32.0. The molecule has 0 saturated carbocycles. The normalized spacial score (nSPS) is 21.4. The van der Waals surface area contributed by atoms with Gasteiger partial charge in [-0.3, -0.25) is 0 Å². The number of halogens is 1. The molecule has 0 radical (unpaired) electrons. The molecule has 2 unspecified atom stereocenters. The molecule has 34 heavy (non-hydrogen) atoms. The number of rotatable bonds is 8. The molecule has 0 spiro atoms. The first-order chi connectivity index (χ1) is 16.5. The van der Waals surface area contributed by atoms with Crippen LogP contribution < -0.4 is 19.7 Å². The highest BCUT2D eigenvalue weighted by molar-refractivity contribution is 5.65. The van der Waals surface area contributed by atoms with E-state index in [9.17, 15) is 4.39 Å². The number of benzene rings is 1. The van der Waals surface area contributed by atoms with Gasteiger partial charge in [0.25, 0.3) is 5.88 Å². The Kier molecular flexibility index (Phi) is 5.97. The van der Waals surface area contributed by atoms with Gasteiger partial charge in [-0.2, -0.15) is 9.97 Å². The lowest BCUT2D eigenvalue weighted by atomic mass is 9.98. The standard InChI is InChI=1S/C24H29FN6O3/c1-5-14-6-8-17(16(25)10-14)28-22-20(32-4)23(27-12-26-22)33-19-11-15-7-9-18(19)31(15)24-29-21(13(2)3)30-34-24/h6,8,10,12-13,15,18-19H,5,7,9,11H2,1-4H3,(H,26,27,28)/t15?,18?,19-/m0/s1. The van der Waals surface area contributed by atoms with Gasteiger partial charge in [-0.1, -0.05) is 32.0 Å². The maximum absolute atomic E-state index is 14.5. The summed E-state index contributed by atoms with van der Waals surface area (Å²) in [6.45, 7) is 6.06. The van der Waals surface area contributed by atoms with E-state index < -0.39 is 0 Å². The van der Waals surface area contributed by atoms with Gasteiger partial charge in [0.15, 0.2) is 11.6 Å². The highest BCUT2D eigenvalue weighted by Crippen LogP contribution is 2.44. The van der Waals surface area contributed by atoms with Crippen LogP contribution in [0.1, 0.15) is 57.3 Å². The zero-order valence-corrected chi connectivity index (χ0v) is 19.8. The minimum absolute atomic E-state index is 0.0978. The summed E-state index contributed by atoms with van der Waals surface area (Å²) in [7, 11) is 1.52. The average molecular weight is 469 g/mol. The van der Waals surface area contributed by atoms with E-state index in [0.29, 0.717) is 35.0 Å². The summed E-state index contributed by atoms with van der Waals surface area (Å²) in [4.78, 5) is 15.3. The summed E-state index contributed by atoms with van der Waals surface area (Å²) in [6, 6.07) is 6.00. The van der Waals surface area contributed by atoms with Gasteiger partial charge < -0.3 is 24.2 Å². The molecule has 9 nitrogen and oxygen atoms in total. The van der Waals surface area contributed by atoms with Crippen molar-refractivity contribution in [2.45, 2.75) is 70.6 Å². The second-order valence-electron chi connectivity index (χ2n) is 9.04. The molecule has 2 bridgehead atoms. The Labute approximate surface area is 197 Å². The summed E-state index contributed by atoms with van der Waals surface area (Å²) in [5, 5.41) is 7.13. The number of hydrogen-bond acceptors (Lipinski definition) is 9. The second kappa shape index (κ2) is 9.08. The SMILES string of the molecule is CCc1ccc(Nc2ncnc(O[C@H]3CC4CCC3N4c3nc(C(C)C)no3)c2OC)c(F)c1. The number of aromatic nitrogens is 4. The predicted molar refractivity (Wildman–Crippen MR) is 124 cm³/mol. The van der Waals surface area contributed by atoms with Gasteiger partial charge in [-0.25, -0.2) is 9.37 Å². The molecule has 3 atom stereocenters. The molecule has 0 aliphatic carbocycles. The fraction of sp³-hybridized carbons (Fsp3) is 0.500. The van der Waals surface area contributed by atoms with E-state index in [1.807, 2.05) is 26.8 Å². The molecule has 4 heterocycles. The first kappa shape index (κ1) is 22.4. The third kappa shape index (κ3) is 4.01. The van der Waals surface area contributed by atoms with Crippen LogP contribution in [0.15, 0.2) is 29.0 Å². The molecule has 2 aliphatic rings. The quantitative estimate of drug-likeness (QED) is 0.507. The van der Waals surface area contributed by atoms with Gasteiger partial charge in [0.1, 0.15) is 18.2 Å². The van der Waals surface area contributed by atoms with Crippen molar-refractivity contribution >= 4 is 17.5 Å². The maximum atomic E-state index is 14.5. The lowest BCUT2D eigenvalue weighted by Gasteiger charge is -2.24. The molecule has 0 amide bonds. The van der Waals surface area contributed by atoms with Crippen LogP contribution in [-0.2, 0) is 6.42 Å². The Balaban J connectivity index is 1.36. The number of fused-ring (bicyclic) bond motifs is 2. The molecule has 2 aromatic heterocycles. The predicted octanol–water partition coefficient (Wildman–Crippen LogP) is 4.63. The number of methoxy groups -OCH3 is 1. The Morgan fingerprint density at radius 1 is 1.26 bits per heavy atom. The molecule has 1 N–H and O–H groups in total. The Hall–Kier alpha value is -3.43. The van der Waals surface area contributed by atoms with Crippen LogP contribution in [0.2, 0.25) is 0 Å². The smallest absolute Gasteiger partial charge is 0.324 e. The topological polar surface area (TPSA) is 98.4 Å². The van der Waals surface area contributed by atoms with Crippen LogP contribution in [0, 0.1) is 5.82 Å². The molecule has 3 aromatic rings. The van der Waals surface area contributed by atoms with Crippen molar-refractivity contribution in [3.63, 3.8) is 0 Å². The molecular formula is C24H29FN6O3. The molecule has 2 fully saturated rings. The molecule has 5 rings (SSSR count). The Bertz CT molecular complexity index is 1170. The molecule has 2 saturated heterocycles. The van der Waals surface area contributed by atoms with Gasteiger partial charge in [0.2, 0.25) is 5.75 Å². The molecule has 180 valence electrons. The first-order valence-electron chi connectivity index (χ1n) is 11.7. The van der Waals surface area contributed by atoms with E-state index in [2.05, 4.69) is 30.3 Å². The van der Waals surface area contributed by atoms with Crippen molar-refractivity contribution in [3.05, 3.63) is 41.7 Å². The lowest BCUT2D eigenvalue weighted by molar-refractivity contribution is 0.158. The average Bonchev–Trinajstić information content (AvgIpc) is 3.55. The third-order valence-corrected chi connectivity index (χ3v) is 6.58. The van der Waals surface area contributed by atoms with Gasteiger partial charge >= 0.3 is 6.01 Å². The van der Waals surface area contributed by atoms with Crippen molar-refractivity contribution in [2.24, 2.45) is 0 Å². The van der Waals surface area contributed by atoms with Crippen LogP contribution >= 0.6 is 0 Å². The summed E-state index contributed by atoms with van der Waals surface area (Å²) >= 11 is 0. The van der Waals surface area contributed by atoms with Gasteiger partial charge in [0, 0.05) is 18.4 Å². The minimum atomic E-state index is -0.355.